The number of nitrogens with one attached hydrogen (secondary N) is 2. The van der Waals surface area contributed by atoms with Crippen molar-refractivity contribution in [1.82, 2.24) is 10.5 Å². The van der Waals surface area contributed by atoms with Gasteiger partial charge in [0.1, 0.15) is 0 Å². The van der Waals surface area contributed by atoms with Gasteiger partial charge < -0.3 is 19.6 Å². The Hall–Kier alpha value is -3.35. The molecule has 3 heterocycles. The highest BCUT2D eigenvalue weighted by atomic mass is 16.5. The van der Waals surface area contributed by atoms with Crippen molar-refractivity contribution >= 4 is 17.5 Å². The summed E-state index contributed by atoms with van der Waals surface area (Å²) in [6.07, 6.45) is 2.70. The van der Waals surface area contributed by atoms with Crippen LogP contribution < -0.4 is 10.6 Å². The average molecular weight is 351 g/mol. The maximum absolute atomic E-state index is 12.4. The largest absolute Gasteiger partial charge is 0.461 e. The molecule has 4 rings (SSSR count). The zero-order valence-electron chi connectivity index (χ0n) is 14.1. The fourth-order valence-electron chi connectivity index (χ4n) is 2.94. The number of furan rings is 1. The Labute approximate surface area is 149 Å². The minimum atomic E-state index is -0.329. The molecule has 2 amide bonds. The first kappa shape index (κ1) is 16.1. The van der Waals surface area contributed by atoms with E-state index in [0.29, 0.717) is 24.4 Å². The summed E-state index contributed by atoms with van der Waals surface area (Å²) in [7, 11) is 0. The molecule has 2 N–H and O–H groups in total. The third-order valence-electron chi connectivity index (χ3n) is 4.38. The SMILES string of the molecule is C[C@H](NC(=O)c1cc(-c2ccco2)on1)c1ccc2c(c1)CCC(=O)N2. The lowest BCUT2D eigenvalue weighted by molar-refractivity contribution is -0.116. The van der Waals surface area contributed by atoms with Crippen LogP contribution in [0, 0.1) is 0 Å². The number of fused-ring (bicyclic) bond motifs is 1. The molecular weight excluding hydrogens is 334 g/mol. The number of anilines is 1. The number of rotatable bonds is 4. The van der Waals surface area contributed by atoms with Crippen LogP contribution in [0.5, 0.6) is 0 Å². The highest BCUT2D eigenvalue weighted by Crippen LogP contribution is 2.26. The van der Waals surface area contributed by atoms with Crippen LogP contribution in [0.25, 0.3) is 11.5 Å². The number of amides is 2. The van der Waals surface area contributed by atoms with Crippen LogP contribution in [0.3, 0.4) is 0 Å². The number of nitrogens with zero attached hydrogens (tertiary/aromatic N) is 1. The second kappa shape index (κ2) is 6.51. The van der Waals surface area contributed by atoms with Crippen molar-refractivity contribution in [2.24, 2.45) is 0 Å². The van der Waals surface area contributed by atoms with Crippen LogP contribution in [0.15, 0.2) is 51.6 Å². The Bertz CT molecular complexity index is 959. The van der Waals surface area contributed by atoms with E-state index in [2.05, 4.69) is 15.8 Å². The van der Waals surface area contributed by atoms with E-state index < -0.39 is 0 Å². The fourth-order valence-corrected chi connectivity index (χ4v) is 2.94. The van der Waals surface area contributed by atoms with Gasteiger partial charge in [0.05, 0.1) is 12.3 Å². The molecule has 0 saturated carbocycles. The first-order valence-corrected chi connectivity index (χ1v) is 8.34. The third-order valence-corrected chi connectivity index (χ3v) is 4.38. The molecule has 0 spiro atoms. The molecule has 0 radical (unpaired) electrons. The molecule has 1 aliphatic rings. The van der Waals surface area contributed by atoms with E-state index in [9.17, 15) is 9.59 Å². The number of aryl methyl sites for hydroxylation is 1. The van der Waals surface area contributed by atoms with Gasteiger partial charge in [-0.15, -0.1) is 0 Å². The van der Waals surface area contributed by atoms with Crippen LogP contribution in [0.4, 0.5) is 5.69 Å². The maximum Gasteiger partial charge on any atom is 0.273 e. The molecule has 7 heteroatoms. The molecule has 1 atom stereocenters. The van der Waals surface area contributed by atoms with Crippen molar-refractivity contribution in [2.75, 3.05) is 5.32 Å². The number of hydrogen-bond donors (Lipinski definition) is 2. The summed E-state index contributed by atoms with van der Waals surface area (Å²) >= 11 is 0. The highest BCUT2D eigenvalue weighted by Gasteiger charge is 2.20. The van der Waals surface area contributed by atoms with Crippen LogP contribution in [-0.4, -0.2) is 17.0 Å². The Morgan fingerprint density at radius 3 is 2.92 bits per heavy atom. The molecular formula is C19H17N3O4. The standard InChI is InChI=1S/C19H17N3O4/c1-11(12-4-6-14-13(9-12)5-7-18(23)21-14)20-19(24)15-10-17(26-22-15)16-3-2-8-25-16/h2-4,6,8-11H,5,7H2,1H3,(H,20,24)(H,21,23)/t11-/m0/s1. The number of benzene rings is 1. The second-order valence-electron chi connectivity index (χ2n) is 6.21. The van der Waals surface area contributed by atoms with Gasteiger partial charge in [-0.2, -0.15) is 0 Å². The van der Waals surface area contributed by atoms with Gasteiger partial charge in [-0.05, 0) is 42.7 Å². The molecule has 0 bridgehead atoms. The Kier molecular flexibility index (Phi) is 4.04. The van der Waals surface area contributed by atoms with E-state index in [4.69, 9.17) is 8.94 Å². The summed E-state index contributed by atoms with van der Waals surface area (Å²) in [6.45, 7) is 1.90. The molecule has 3 aromatic rings. The minimum Gasteiger partial charge on any atom is -0.461 e. The topological polar surface area (TPSA) is 97.4 Å². The first-order chi connectivity index (χ1) is 12.6. The van der Waals surface area contributed by atoms with Gasteiger partial charge in [0.15, 0.2) is 11.5 Å². The van der Waals surface area contributed by atoms with Crippen LogP contribution in [0.2, 0.25) is 0 Å². The molecule has 2 aromatic heterocycles. The Balaban J connectivity index is 1.47. The molecule has 0 fully saturated rings. The number of carbonyl (C=O) groups is 2. The molecule has 0 unspecified atom stereocenters. The van der Waals surface area contributed by atoms with Crippen molar-refractivity contribution in [1.29, 1.82) is 0 Å². The number of carbonyl (C=O) groups excluding carboxylic acids is 2. The lowest BCUT2D eigenvalue weighted by Gasteiger charge is -2.20. The normalized spacial score (nSPS) is 14.4. The monoisotopic (exact) mass is 351 g/mol. The van der Waals surface area contributed by atoms with Crippen molar-refractivity contribution in [2.45, 2.75) is 25.8 Å². The Morgan fingerprint density at radius 1 is 1.23 bits per heavy atom. The average Bonchev–Trinajstić information content (AvgIpc) is 3.32. The quantitative estimate of drug-likeness (QED) is 0.751. The van der Waals surface area contributed by atoms with Gasteiger partial charge in [-0.3, -0.25) is 9.59 Å². The van der Waals surface area contributed by atoms with Crippen LogP contribution in [0.1, 0.15) is 41.0 Å². The van der Waals surface area contributed by atoms with Crippen molar-refractivity contribution in [3.63, 3.8) is 0 Å². The Morgan fingerprint density at radius 2 is 2.12 bits per heavy atom. The van der Waals surface area contributed by atoms with Crippen LogP contribution in [-0.2, 0) is 11.2 Å². The number of aromatic nitrogens is 1. The van der Waals surface area contributed by atoms with Crippen molar-refractivity contribution in [3.05, 3.63) is 59.5 Å². The molecule has 7 nitrogen and oxygen atoms in total. The first-order valence-electron chi connectivity index (χ1n) is 8.34. The van der Waals surface area contributed by atoms with Gasteiger partial charge in [0.25, 0.3) is 5.91 Å². The molecule has 26 heavy (non-hydrogen) atoms. The van der Waals surface area contributed by atoms with E-state index in [-0.39, 0.29) is 23.6 Å². The van der Waals surface area contributed by atoms with Gasteiger partial charge in [0, 0.05) is 18.2 Å². The summed E-state index contributed by atoms with van der Waals surface area (Å²) < 4.78 is 10.4. The number of hydrogen-bond acceptors (Lipinski definition) is 5. The summed E-state index contributed by atoms with van der Waals surface area (Å²) in [5, 5.41) is 9.56. The smallest absolute Gasteiger partial charge is 0.273 e. The lowest BCUT2D eigenvalue weighted by Crippen LogP contribution is -2.27. The predicted molar refractivity (Wildman–Crippen MR) is 93.5 cm³/mol. The van der Waals surface area contributed by atoms with Gasteiger partial charge in [0.2, 0.25) is 11.7 Å². The zero-order valence-corrected chi connectivity index (χ0v) is 14.1. The van der Waals surface area contributed by atoms with E-state index in [1.165, 1.54) is 6.26 Å². The molecule has 1 aromatic carbocycles. The molecule has 132 valence electrons. The molecule has 0 aliphatic carbocycles. The van der Waals surface area contributed by atoms with E-state index in [1.54, 1.807) is 18.2 Å². The third kappa shape index (κ3) is 3.11. The summed E-state index contributed by atoms with van der Waals surface area (Å²) in [5.74, 6) is 0.619. The van der Waals surface area contributed by atoms with Gasteiger partial charge in [-0.25, -0.2) is 0 Å². The summed E-state index contributed by atoms with van der Waals surface area (Å²) in [4.78, 5) is 23.9. The van der Waals surface area contributed by atoms with Crippen molar-refractivity contribution in [3.8, 4) is 11.5 Å². The summed E-state index contributed by atoms with van der Waals surface area (Å²) in [6, 6.07) is 10.6. The minimum absolute atomic E-state index is 0.0324. The lowest BCUT2D eigenvalue weighted by atomic mass is 9.98. The maximum atomic E-state index is 12.4. The zero-order chi connectivity index (χ0) is 18.1. The van der Waals surface area contributed by atoms with E-state index >= 15 is 0 Å². The molecule has 0 saturated heterocycles. The predicted octanol–water partition coefficient (Wildman–Crippen LogP) is 3.31. The van der Waals surface area contributed by atoms with Crippen LogP contribution >= 0.6 is 0 Å². The van der Waals surface area contributed by atoms with Gasteiger partial charge in [-0.1, -0.05) is 17.3 Å². The van der Waals surface area contributed by atoms with Gasteiger partial charge >= 0.3 is 0 Å². The highest BCUT2D eigenvalue weighted by molar-refractivity contribution is 5.94. The van der Waals surface area contributed by atoms with Crippen molar-refractivity contribution < 1.29 is 18.5 Å². The van der Waals surface area contributed by atoms with E-state index in [0.717, 1.165) is 16.8 Å². The summed E-state index contributed by atoms with van der Waals surface area (Å²) in [5.41, 5.74) is 3.06. The fraction of sp³-hybridized carbons (Fsp3) is 0.211. The molecule has 1 aliphatic heterocycles. The second-order valence-corrected chi connectivity index (χ2v) is 6.21. The van der Waals surface area contributed by atoms with E-state index in [1.807, 2.05) is 25.1 Å².